The summed E-state index contributed by atoms with van der Waals surface area (Å²) in [6, 6.07) is 2.65. The van der Waals surface area contributed by atoms with E-state index in [4.69, 9.17) is 5.11 Å². The standard InChI is InChI=1S/C10H12N4O5/c1-6-7(14(18)19)2-3-8(13-6)11-4-9(15)12-5-10(16)17/h2-3H,4-5H2,1H3,(H,11,13)(H,12,15)(H,16,17). The number of aliphatic carboxylic acids is 1. The summed E-state index contributed by atoms with van der Waals surface area (Å²) in [6.07, 6.45) is 0. The van der Waals surface area contributed by atoms with Crippen LogP contribution in [0.2, 0.25) is 0 Å². The molecule has 0 radical (unpaired) electrons. The second-order valence-corrected chi connectivity index (χ2v) is 3.58. The molecular weight excluding hydrogens is 256 g/mol. The summed E-state index contributed by atoms with van der Waals surface area (Å²) in [7, 11) is 0. The van der Waals surface area contributed by atoms with Crippen molar-refractivity contribution < 1.29 is 19.6 Å². The first-order valence-corrected chi connectivity index (χ1v) is 5.24. The number of anilines is 1. The summed E-state index contributed by atoms with van der Waals surface area (Å²) in [5, 5.41) is 23.7. The molecule has 3 N–H and O–H groups in total. The van der Waals surface area contributed by atoms with E-state index in [0.29, 0.717) is 5.82 Å². The Morgan fingerprint density at radius 3 is 2.63 bits per heavy atom. The molecule has 1 amide bonds. The molecule has 102 valence electrons. The van der Waals surface area contributed by atoms with Crippen LogP contribution in [0.5, 0.6) is 0 Å². The van der Waals surface area contributed by atoms with Gasteiger partial charge in [-0.1, -0.05) is 0 Å². The lowest BCUT2D eigenvalue weighted by atomic mass is 10.3. The van der Waals surface area contributed by atoms with Crippen molar-refractivity contribution in [3.05, 3.63) is 27.9 Å². The Morgan fingerprint density at radius 1 is 1.42 bits per heavy atom. The van der Waals surface area contributed by atoms with E-state index in [2.05, 4.69) is 15.6 Å². The van der Waals surface area contributed by atoms with Gasteiger partial charge in [-0.3, -0.25) is 19.7 Å². The molecule has 0 spiro atoms. The second-order valence-electron chi connectivity index (χ2n) is 3.58. The maximum atomic E-state index is 11.2. The van der Waals surface area contributed by atoms with Crippen molar-refractivity contribution in [1.82, 2.24) is 10.3 Å². The van der Waals surface area contributed by atoms with Crippen molar-refractivity contribution in [1.29, 1.82) is 0 Å². The van der Waals surface area contributed by atoms with Gasteiger partial charge in [-0.25, -0.2) is 4.98 Å². The molecule has 0 saturated carbocycles. The molecule has 1 heterocycles. The van der Waals surface area contributed by atoms with E-state index in [-0.39, 0.29) is 17.9 Å². The summed E-state index contributed by atoms with van der Waals surface area (Å²) in [4.78, 5) is 35.4. The van der Waals surface area contributed by atoms with E-state index in [1.165, 1.54) is 19.1 Å². The lowest BCUT2D eigenvalue weighted by Gasteiger charge is -2.06. The molecule has 1 rings (SSSR count). The van der Waals surface area contributed by atoms with Crippen LogP contribution < -0.4 is 10.6 Å². The van der Waals surface area contributed by atoms with Crippen LogP contribution in [0.15, 0.2) is 12.1 Å². The summed E-state index contributed by atoms with van der Waals surface area (Å²) >= 11 is 0. The Kier molecular flexibility index (Phi) is 4.75. The second kappa shape index (κ2) is 6.28. The van der Waals surface area contributed by atoms with E-state index in [0.717, 1.165) is 0 Å². The number of hydrogen-bond acceptors (Lipinski definition) is 6. The molecule has 9 nitrogen and oxygen atoms in total. The highest BCUT2D eigenvalue weighted by molar-refractivity contribution is 5.84. The third kappa shape index (κ3) is 4.58. The number of carbonyl (C=O) groups excluding carboxylic acids is 1. The highest BCUT2D eigenvalue weighted by Crippen LogP contribution is 2.17. The Morgan fingerprint density at radius 2 is 2.11 bits per heavy atom. The Bertz CT molecular complexity index is 517. The third-order valence-corrected chi connectivity index (χ3v) is 2.12. The molecule has 1 aromatic heterocycles. The van der Waals surface area contributed by atoms with Gasteiger partial charge in [0, 0.05) is 6.07 Å². The lowest BCUT2D eigenvalue weighted by Crippen LogP contribution is -2.34. The quantitative estimate of drug-likeness (QED) is 0.484. The van der Waals surface area contributed by atoms with Gasteiger partial charge < -0.3 is 15.7 Å². The number of pyridine rings is 1. The largest absolute Gasteiger partial charge is 0.480 e. The van der Waals surface area contributed by atoms with E-state index < -0.39 is 23.3 Å². The minimum absolute atomic E-state index is 0.110. The SMILES string of the molecule is Cc1nc(NCC(=O)NCC(=O)O)ccc1[N+](=O)[O-]. The Balaban J connectivity index is 2.54. The molecule has 19 heavy (non-hydrogen) atoms. The molecule has 0 unspecified atom stereocenters. The van der Waals surface area contributed by atoms with Gasteiger partial charge in [0.1, 0.15) is 18.1 Å². The number of hydrogen-bond donors (Lipinski definition) is 3. The maximum absolute atomic E-state index is 11.2. The van der Waals surface area contributed by atoms with Crippen LogP contribution in [0.3, 0.4) is 0 Å². The zero-order valence-corrected chi connectivity index (χ0v) is 10.0. The fourth-order valence-corrected chi connectivity index (χ4v) is 1.25. The van der Waals surface area contributed by atoms with Gasteiger partial charge in [-0.15, -0.1) is 0 Å². The molecule has 0 bridgehead atoms. The summed E-state index contributed by atoms with van der Waals surface area (Å²) in [5.41, 5.74) is 0.113. The molecule has 1 aromatic rings. The number of carbonyl (C=O) groups is 2. The van der Waals surface area contributed by atoms with Crippen molar-refractivity contribution in [2.75, 3.05) is 18.4 Å². The number of nitrogens with zero attached hydrogens (tertiary/aromatic N) is 2. The molecule has 0 fully saturated rings. The van der Waals surface area contributed by atoms with Crippen LogP contribution in [0.1, 0.15) is 5.69 Å². The molecule has 0 saturated heterocycles. The summed E-state index contributed by atoms with van der Waals surface area (Å²) in [6.45, 7) is 0.846. The summed E-state index contributed by atoms with van der Waals surface area (Å²) < 4.78 is 0. The van der Waals surface area contributed by atoms with Gasteiger partial charge in [-0.05, 0) is 13.0 Å². The zero-order valence-electron chi connectivity index (χ0n) is 10.0. The van der Waals surface area contributed by atoms with Crippen molar-refractivity contribution >= 4 is 23.4 Å². The van der Waals surface area contributed by atoms with Crippen molar-refractivity contribution in [3.63, 3.8) is 0 Å². The fraction of sp³-hybridized carbons (Fsp3) is 0.300. The zero-order chi connectivity index (χ0) is 14.4. The molecule has 0 aromatic carbocycles. The van der Waals surface area contributed by atoms with E-state index in [9.17, 15) is 19.7 Å². The monoisotopic (exact) mass is 268 g/mol. The molecule has 0 aliphatic rings. The minimum atomic E-state index is -1.14. The van der Waals surface area contributed by atoms with Crippen LogP contribution >= 0.6 is 0 Å². The van der Waals surface area contributed by atoms with Crippen molar-refractivity contribution in [2.24, 2.45) is 0 Å². The Labute approximate surface area is 107 Å². The number of carboxylic acid groups (broad SMARTS) is 1. The molecular formula is C10H12N4O5. The van der Waals surface area contributed by atoms with Crippen LogP contribution in [0.25, 0.3) is 0 Å². The van der Waals surface area contributed by atoms with Crippen LogP contribution in [0, 0.1) is 17.0 Å². The smallest absolute Gasteiger partial charge is 0.322 e. The van der Waals surface area contributed by atoms with E-state index in [1.807, 2.05) is 0 Å². The van der Waals surface area contributed by atoms with Gasteiger partial charge in [0.2, 0.25) is 5.91 Å². The molecule has 9 heteroatoms. The van der Waals surface area contributed by atoms with Crippen LogP contribution in [0.4, 0.5) is 11.5 Å². The van der Waals surface area contributed by atoms with Crippen LogP contribution in [-0.2, 0) is 9.59 Å². The highest BCUT2D eigenvalue weighted by Gasteiger charge is 2.12. The predicted molar refractivity (Wildman–Crippen MR) is 64.8 cm³/mol. The molecule has 0 aliphatic heterocycles. The van der Waals surface area contributed by atoms with Gasteiger partial charge in [0.15, 0.2) is 0 Å². The molecule has 0 aliphatic carbocycles. The first-order valence-electron chi connectivity index (χ1n) is 5.24. The number of nitro groups is 1. The summed E-state index contributed by atoms with van der Waals surface area (Å²) in [5.74, 6) is -1.36. The maximum Gasteiger partial charge on any atom is 0.322 e. The van der Waals surface area contributed by atoms with Gasteiger partial charge >= 0.3 is 5.97 Å². The topological polar surface area (TPSA) is 134 Å². The number of aryl methyl sites for hydroxylation is 1. The number of rotatable bonds is 6. The molecule has 0 atom stereocenters. The van der Waals surface area contributed by atoms with E-state index >= 15 is 0 Å². The minimum Gasteiger partial charge on any atom is -0.480 e. The third-order valence-electron chi connectivity index (χ3n) is 2.12. The average Bonchev–Trinajstić information content (AvgIpc) is 2.33. The van der Waals surface area contributed by atoms with Crippen molar-refractivity contribution in [2.45, 2.75) is 6.92 Å². The average molecular weight is 268 g/mol. The number of carboxylic acids is 1. The fourth-order valence-electron chi connectivity index (χ4n) is 1.25. The first kappa shape index (κ1) is 14.4. The van der Waals surface area contributed by atoms with Crippen molar-refractivity contribution in [3.8, 4) is 0 Å². The highest BCUT2D eigenvalue weighted by atomic mass is 16.6. The lowest BCUT2D eigenvalue weighted by molar-refractivity contribution is -0.385. The van der Waals surface area contributed by atoms with Gasteiger partial charge in [0.25, 0.3) is 5.69 Å². The van der Waals surface area contributed by atoms with Gasteiger partial charge in [-0.2, -0.15) is 0 Å². The van der Waals surface area contributed by atoms with Gasteiger partial charge in [0.05, 0.1) is 11.5 Å². The number of amides is 1. The van der Waals surface area contributed by atoms with Crippen LogP contribution in [-0.4, -0.2) is 40.0 Å². The number of aromatic nitrogens is 1. The first-order chi connectivity index (χ1) is 8.90. The normalized spacial score (nSPS) is 9.74. The van der Waals surface area contributed by atoms with E-state index in [1.54, 1.807) is 0 Å². The predicted octanol–water partition coefficient (Wildman–Crippen LogP) is -0.0891. The number of nitrogens with one attached hydrogen (secondary N) is 2. The Hall–Kier alpha value is -2.71.